The highest BCUT2D eigenvalue weighted by Gasteiger charge is 2.49. The molecule has 8 heteroatoms. The van der Waals surface area contributed by atoms with Crippen molar-refractivity contribution in [2.45, 2.75) is 32.9 Å². The van der Waals surface area contributed by atoms with Gasteiger partial charge in [-0.1, -0.05) is 54.1 Å². The summed E-state index contributed by atoms with van der Waals surface area (Å²) in [6.45, 7) is 4.68. The highest BCUT2D eigenvalue weighted by Crippen LogP contribution is 2.28. The lowest BCUT2D eigenvalue weighted by Crippen LogP contribution is -2.42. The van der Waals surface area contributed by atoms with E-state index in [1.54, 1.807) is 19.1 Å². The molecule has 1 heterocycles. The second-order valence-electron chi connectivity index (χ2n) is 7.68. The first-order chi connectivity index (χ1) is 14.7. The van der Waals surface area contributed by atoms with Gasteiger partial charge in [-0.05, 0) is 37.5 Å². The summed E-state index contributed by atoms with van der Waals surface area (Å²) in [5.41, 5.74) is 2.36. The van der Waals surface area contributed by atoms with Gasteiger partial charge in [0.1, 0.15) is 12.1 Å². The lowest BCUT2D eigenvalue weighted by Gasteiger charge is -2.22. The lowest BCUT2D eigenvalue weighted by atomic mass is 9.91. The molecule has 31 heavy (non-hydrogen) atoms. The number of esters is 1. The first kappa shape index (κ1) is 22.0. The highest BCUT2D eigenvalue weighted by atomic mass is 16.5. The molecular weight excluding hydrogens is 398 g/mol. The SMILES string of the molecule is Cc1ccc([C@@]2(C)NC(=O)N(CC(=O)OCC(=O)NCc3ccccc3C)C2=O)cc1. The highest BCUT2D eigenvalue weighted by molar-refractivity contribution is 6.08. The van der Waals surface area contributed by atoms with E-state index in [0.29, 0.717) is 12.1 Å². The summed E-state index contributed by atoms with van der Waals surface area (Å²) < 4.78 is 4.95. The Morgan fingerprint density at radius 1 is 1.06 bits per heavy atom. The third-order valence-corrected chi connectivity index (χ3v) is 5.29. The Labute approximate surface area is 180 Å². The van der Waals surface area contributed by atoms with E-state index in [1.807, 2.05) is 50.2 Å². The molecule has 0 radical (unpaired) electrons. The number of ether oxygens (including phenoxy) is 1. The lowest BCUT2D eigenvalue weighted by molar-refractivity contribution is -0.151. The summed E-state index contributed by atoms with van der Waals surface area (Å²) in [5, 5.41) is 5.30. The zero-order valence-electron chi connectivity index (χ0n) is 17.7. The van der Waals surface area contributed by atoms with Gasteiger partial charge in [-0.2, -0.15) is 0 Å². The largest absolute Gasteiger partial charge is 0.454 e. The average molecular weight is 423 g/mol. The van der Waals surface area contributed by atoms with Crippen LogP contribution in [0.25, 0.3) is 0 Å². The van der Waals surface area contributed by atoms with Crippen molar-refractivity contribution in [3.63, 3.8) is 0 Å². The van der Waals surface area contributed by atoms with Gasteiger partial charge in [-0.15, -0.1) is 0 Å². The average Bonchev–Trinajstić information content (AvgIpc) is 2.96. The number of urea groups is 1. The normalized spacial score (nSPS) is 18.0. The minimum atomic E-state index is -1.27. The number of hydrogen-bond acceptors (Lipinski definition) is 5. The zero-order chi connectivity index (χ0) is 22.6. The molecule has 1 fully saturated rings. The zero-order valence-corrected chi connectivity index (χ0v) is 17.7. The first-order valence-electron chi connectivity index (χ1n) is 9.89. The van der Waals surface area contributed by atoms with E-state index >= 15 is 0 Å². The van der Waals surface area contributed by atoms with E-state index in [4.69, 9.17) is 4.74 Å². The summed E-state index contributed by atoms with van der Waals surface area (Å²) in [5.74, 6) is -1.87. The fourth-order valence-electron chi connectivity index (χ4n) is 3.30. The number of benzene rings is 2. The predicted molar refractivity (Wildman–Crippen MR) is 113 cm³/mol. The number of hydrogen-bond donors (Lipinski definition) is 2. The van der Waals surface area contributed by atoms with Crippen molar-refractivity contribution in [2.75, 3.05) is 13.2 Å². The van der Waals surface area contributed by atoms with Crippen molar-refractivity contribution in [2.24, 2.45) is 0 Å². The number of carbonyl (C=O) groups is 4. The van der Waals surface area contributed by atoms with Crippen molar-refractivity contribution >= 4 is 23.8 Å². The maximum absolute atomic E-state index is 12.8. The predicted octanol–water partition coefficient (Wildman–Crippen LogP) is 1.93. The first-order valence-corrected chi connectivity index (χ1v) is 9.89. The quantitative estimate of drug-likeness (QED) is 0.523. The molecule has 4 amide bonds. The van der Waals surface area contributed by atoms with Crippen LogP contribution in [0.3, 0.4) is 0 Å². The number of nitrogens with zero attached hydrogens (tertiary/aromatic N) is 1. The molecule has 0 aromatic heterocycles. The second kappa shape index (κ2) is 8.99. The van der Waals surface area contributed by atoms with Crippen molar-refractivity contribution < 1.29 is 23.9 Å². The van der Waals surface area contributed by atoms with Gasteiger partial charge in [-0.3, -0.25) is 19.3 Å². The molecule has 1 aliphatic heterocycles. The van der Waals surface area contributed by atoms with Crippen LogP contribution in [-0.2, 0) is 31.2 Å². The van der Waals surface area contributed by atoms with Crippen LogP contribution < -0.4 is 10.6 Å². The summed E-state index contributed by atoms with van der Waals surface area (Å²) >= 11 is 0. The third kappa shape index (κ3) is 4.91. The molecule has 0 saturated carbocycles. The molecule has 0 aliphatic carbocycles. The maximum atomic E-state index is 12.8. The van der Waals surface area contributed by atoms with E-state index in [9.17, 15) is 19.2 Å². The van der Waals surface area contributed by atoms with Crippen LogP contribution in [-0.4, -0.2) is 41.9 Å². The monoisotopic (exact) mass is 423 g/mol. The number of imide groups is 1. The van der Waals surface area contributed by atoms with E-state index in [0.717, 1.165) is 21.6 Å². The maximum Gasteiger partial charge on any atom is 0.326 e. The number of carbonyl (C=O) groups excluding carboxylic acids is 4. The van der Waals surface area contributed by atoms with Crippen molar-refractivity contribution in [3.8, 4) is 0 Å². The fraction of sp³-hybridized carbons (Fsp3) is 0.304. The summed E-state index contributed by atoms with van der Waals surface area (Å²) in [6.07, 6.45) is 0. The molecule has 162 valence electrons. The topological polar surface area (TPSA) is 105 Å². The smallest absolute Gasteiger partial charge is 0.326 e. The van der Waals surface area contributed by atoms with Crippen molar-refractivity contribution in [1.82, 2.24) is 15.5 Å². The molecule has 0 bridgehead atoms. The summed E-state index contributed by atoms with van der Waals surface area (Å²) in [4.78, 5) is 50.1. The summed E-state index contributed by atoms with van der Waals surface area (Å²) in [7, 11) is 0. The molecular formula is C23H25N3O5. The van der Waals surface area contributed by atoms with Gasteiger partial charge >= 0.3 is 12.0 Å². The molecule has 0 unspecified atom stereocenters. The van der Waals surface area contributed by atoms with E-state index in [2.05, 4.69) is 10.6 Å². The summed E-state index contributed by atoms with van der Waals surface area (Å²) in [6, 6.07) is 14.1. The number of rotatable bonds is 7. The van der Waals surface area contributed by atoms with Gasteiger partial charge in [0.25, 0.3) is 11.8 Å². The molecule has 0 spiro atoms. The molecule has 2 aromatic carbocycles. The van der Waals surface area contributed by atoms with Crippen LogP contribution in [0, 0.1) is 13.8 Å². The van der Waals surface area contributed by atoms with Crippen LogP contribution in [0.15, 0.2) is 48.5 Å². The Morgan fingerprint density at radius 3 is 2.42 bits per heavy atom. The Morgan fingerprint density at radius 2 is 1.74 bits per heavy atom. The molecule has 1 aliphatic rings. The van der Waals surface area contributed by atoms with Gasteiger partial charge in [0.15, 0.2) is 6.61 Å². The number of aryl methyl sites for hydroxylation is 2. The molecule has 8 nitrogen and oxygen atoms in total. The van der Waals surface area contributed by atoms with Gasteiger partial charge < -0.3 is 15.4 Å². The van der Waals surface area contributed by atoms with E-state index in [-0.39, 0.29) is 0 Å². The van der Waals surface area contributed by atoms with Crippen LogP contribution in [0.5, 0.6) is 0 Å². The minimum absolute atomic E-state index is 0.310. The van der Waals surface area contributed by atoms with Crippen LogP contribution in [0.2, 0.25) is 0 Å². The van der Waals surface area contributed by atoms with Crippen LogP contribution in [0.1, 0.15) is 29.2 Å². The van der Waals surface area contributed by atoms with E-state index in [1.165, 1.54) is 0 Å². The number of nitrogens with one attached hydrogen (secondary N) is 2. The minimum Gasteiger partial charge on any atom is -0.454 e. The van der Waals surface area contributed by atoms with Crippen LogP contribution >= 0.6 is 0 Å². The Bertz CT molecular complexity index is 1020. The van der Waals surface area contributed by atoms with Gasteiger partial charge in [-0.25, -0.2) is 4.79 Å². The van der Waals surface area contributed by atoms with E-state index < -0.39 is 42.5 Å². The molecule has 3 rings (SSSR count). The standard InChI is InChI=1S/C23H25N3O5/c1-15-8-10-18(11-9-15)23(3)21(29)26(22(30)25-23)13-20(28)31-14-19(27)24-12-17-7-5-4-6-16(17)2/h4-11H,12-14H2,1-3H3,(H,24,27)(H,25,30)/t23-/m1/s1. The Kier molecular flexibility index (Phi) is 6.39. The number of amides is 4. The Hall–Kier alpha value is -3.68. The van der Waals surface area contributed by atoms with Crippen LogP contribution in [0.4, 0.5) is 4.79 Å². The van der Waals surface area contributed by atoms with Gasteiger partial charge in [0.05, 0.1) is 0 Å². The molecule has 2 aromatic rings. The van der Waals surface area contributed by atoms with Gasteiger partial charge in [0, 0.05) is 6.54 Å². The fourth-order valence-corrected chi connectivity index (χ4v) is 3.30. The third-order valence-electron chi connectivity index (χ3n) is 5.29. The van der Waals surface area contributed by atoms with Gasteiger partial charge in [0.2, 0.25) is 0 Å². The van der Waals surface area contributed by atoms with Crippen molar-refractivity contribution in [1.29, 1.82) is 0 Å². The Balaban J connectivity index is 1.52. The molecule has 1 atom stereocenters. The molecule has 2 N–H and O–H groups in total. The molecule has 1 saturated heterocycles. The van der Waals surface area contributed by atoms with Crippen molar-refractivity contribution in [3.05, 3.63) is 70.8 Å². The second-order valence-corrected chi connectivity index (χ2v) is 7.68.